The number of Topliss-reactive ketones (excluding diaryl/α,β-unsaturated/α-hetero) is 1. The monoisotopic (exact) mass is 492 g/mol. The van der Waals surface area contributed by atoms with Crippen molar-refractivity contribution in [1.29, 1.82) is 0 Å². The van der Waals surface area contributed by atoms with Crippen molar-refractivity contribution in [3.63, 3.8) is 0 Å². The molecule has 33 heavy (non-hydrogen) atoms. The fourth-order valence-corrected chi connectivity index (χ4v) is 8.14. The summed E-state index contributed by atoms with van der Waals surface area (Å²) in [6, 6.07) is 7.09. The van der Waals surface area contributed by atoms with Gasteiger partial charge in [0, 0.05) is 23.5 Å². The van der Waals surface area contributed by atoms with Gasteiger partial charge in [-0.25, -0.2) is 31.5 Å². The van der Waals surface area contributed by atoms with E-state index in [4.69, 9.17) is 0 Å². The number of aromatic nitrogens is 2. The summed E-state index contributed by atoms with van der Waals surface area (Å²) in [6.07, 6.45) is 1.87. The third kappa shape index (κ3) is 4.23. The second-order valence-corrected chi connectivity index (χ2v) is 13.0. The predicted molar refractivity (Wildman–Crippen MR) is 125 cm³/mol. The minimum absolute atomic E-state index is 0.0234. The van der Waals surface area contributed by atoms with Crippen LogP contribution in [0.5, 0.6) is 0 Å². The number of carbonyl (C=O) groups excluding carboxylic acids is 1. The Morgan fingerprint density at radius 1 is 1.00 bits per heavy atom. The number of rotatable bonds is 7. The Morgan fingerprint density at radius 2 is 1.61 bits per heavy atom. The number of benzene rings is 1. The van der Waals surface area contributed by atoms with E-state index >= 15 is 0 Å². The molecule has 0 unspecified atom stereocenters. The van der Waals surface area contributed by atoms with Crippen molar-refractivity contribution >= 4 is 37.5 Å². The molecule has 1 aromatic carbocycles. The average molecular weight is 493 g/mol. The van der Waals surface area contributed by atoms with Crippen molar-refractivity contribution in [2.24, 2.45) is 16.7 Å². The second-order valence-electron chi connectivity index (χ2n) is 9.63. The van der Waals surface area contributed by atoms with Gasteiger partial charge in [-0.05, 0) is 68.4 Å². The number of carbonyl (C=O) groups is 1. The Morgan fingerprint density at radius 3 is 2.12 bits per heavy atom. The molecule has 0 amide bonds. The number of ketones is 1. The molecule has 178 valence electrons. The highest BCUT2D eigenvalue weighted by Crippen LogP contribution is 2.64. The number of hydrogen-bond acceptors (Lipinski definition) is 7. The Bertz CT molecular complexity index is 1300. The molecule has 0 spiro atoms. The van der Waals surface area contributed by atoms with E-state index in [2.05, 4.69) is 19.4 Å². The number of nitrogens with zero attached hydrogens (tertiary/aromatic N) is 2. The molecule has 4 rings (SSSR count). The summed E-state index contributed by atoms with van der Waals surface area (Å²) in [5.74, 6) is -0.0580. The van der Waals surface area contributed by atoms with Gasteiger partial charge < -0.3 is 0 Å². The minimum Gasteiger partial charge on any atom is -0.299 e. The zero-order valence-corrected chi connectivity index (χ0v) is 20.7. The van der Waals surface area contributed by atoms with Gasteiger partial charge in [-0.1, -0.05) is 13.8 Å². The number of sulfonamides is 2. The van der Waals surface area contributed by atoms with E-state index < -0.39 is 25.5 Å². The van der Waals surface area contributed by atoms with Crippen molar-refractivity contribution in [3.8, 4) is 0 Å². The molecule has 2 bridgehead atoms. The van der Waals surface area contributed by atoms with Crippen molar-refractivity contribution in [3.05, 3.63) is 41.7 Å². The van der Waals surface area contributed by atoms with Crippen LogP contribution in [-0.2, 0) is 24.8 Å². The highest BCUT2D eigenvalue weighted by Gasteiger charge is 2.65. The van der Waals surface area contributed by atoms with Gasteiger partial charge in [0.25, 0.3) is 10.0 Å². The summed E-state index contributed by atoms with van der Waals surface area (Å²) in [7, 11) is -7.78. The predicted octanol–water partition coefficient (Wildman–Crippen LogP) is 3.03. The highest BCUT2D eigenvalue weighted by atomic mass is 32.2. The lowest BCUT2D eigenvalue weighted by atomic mass is 9.70. The lowest BCUT2D eigenvalue weighted by Gasteiger charge is -2.36. The first-order valence-corrected chi connectivity index (χ1v) is 13.9. The SMILES string of the molecule is Cc1cc(C)nc(NS(=O)(=O)c2ccc(NS(=O)(=O)C[C@]34CC[C@H](CC3=O)C4(C)C)cc2)n1. The number of anilines is 2. The molecule has 0 radical (unpaired) electrons. The molecule has 11 heteroatoms. The molecule has 2 N–H and O–H groups in total. The first kappa shape index (κ1) is 23.6. The van der Waals surface area contributed by atoms with Crippen molar-refractivity contribution in [2.75, 3.05) is 15.2 Å². The van der Waals surface area contributed by atoms with E-state index in [9.17, 15) is 21.6 Å². The summed E-state index contributed by atoms with van der Waals surface area (Å²) in [4.78, 5) is 20.8. The maximum absolute atomic E-state index is 12.9. The summed E-state index contributed by atoms with van der Waals surface area (Å²) in [5.41, 5.74) is 0.246. The lowest BCUT2D eigenvalue weighted by Crippen LogP contribution is -2.43. The molecule has 2 saturated carbocycles. The van der Waals surface area contributed by atoms with E-state index in [0.717, 1.165) is 6.42 Å². The van der Waals surface area contributed by atoms with Crippen LogP contribution < -0.4 is 9.44 Å². The van der Waals surface area contributed by atoms with Crippen LogP contribution >= 0.6 is 0 Å². The van der Waals surface area contributed by atoms with Gasteiger partial charge in [0.2, 0.25) is 16.0 Å². The van der Waals surface area contributed by atoms with Gasteiger partial charge in [0.1, 0.15) is 5.78 Å². The Balaban J connectivity index is 1.50. The summed E-state index contributed by atoms with van der Waals surface area (Å²) < 4.78 is 56.1. The number of hydrogen-bond donors (Lipinski definition) is 2. The average Bonchev–Trinajstić information content (AvgIpc) is 3.00. The van der Waals surface area contributed by atoms with Crippen LogP contribution in [0.25, 0.3) is 0 Å². The summed E-state index contributed by atoms with van der Waals surface area (Å²) in [5, 5.41) is 0. The third-order valence-electron chi connectivity index (χ3n) is 7.22. The molecule has 0 aliphatic heterocycles. The Labute approximate surface area is 194 Å². The van der Waals surface area contributed by atoms with Crippen LogP contribution in [0.1, 0.15) is 44.5 Å². The van der Waals surface area contributed by atoms with Crippen molar-refractivity contribution in [2.45, 2.75) is 51.9 Å². The zero-order valence-electron chi connectivity index (χ0n) is 19.0. The van der Waals surface area contributed by atoms with Crippen molar-refractivity contribution < 1.29 is 21.6 Å². The zero-order chi connectivity index (χ0) is 24.2. The molecule has 2 aromatic rings. The number of nitrogens with one attached hydrogen (secondary N) is 2. The van der Waals surface area contributed by atoms with E-state index in [1.54, 1.807) is 19.9 Å². The van der Waals surface area contributed by atoms with E-state index in [-0.39, 0.29) is 39.4 Å². The molecule has 1 aromatic heterocycles. The molecule has 2 aliphatic rings. The van der Waals surface area contributed by atoms with Crippen LogP contribution in [0.3, 0.4) is 0 Å². The molecule has 2 atom stereocenters. The van der Waals surface area contributed by atoms with E-state index in [1.807, 2.05) is 13.8 Å². The molecule has 2 aliphatic carbocycles. The lowest BCUT2D eigenvalue weighted by molar-refractivity contribution is -0.128. The minimum atomic E-state index is -3.95. The van der Waals surface area contributed by atoms with Crippen LogP contribution in [0.15, 0.2) is 35.2 Å². The molecule has 9 nitrogen and oxygen atoms in total. The first-order chi connectivity index (χ1) is 15.2. The highest BCUT2D eigenvalue weighted by molar-refractivity contribution is 7.93. The second kappa shape index (κ2) is 7.76. The van der Waals surface area contributed by atoms with Gasteiger partial charge in [-0.3, -0.25) is 9.52 Å². The van der Waals surface area contributed by atoms with Gasteiger partial charge in [-0.2, -0.15) is 0 Å². The smallest absolute Gasteiger partial charge is 0.264 e. The largest absolute Gasteiger partial charge is 0.299 e. The van der Waals surface area contributed by atoms with Gasteiger partial charge in [0.05, 0.1) is 16.1 Å². The third-order valence-corrected chi connectivity index (χ3v) is 9.99. The number of aryl methyl sites for hydroxylation is 2. The topological polar surface area (TPSA) is 135 Å². The van der Waals surface area contributed by atoms with Gasteiger partial charge >= 0.3 is 0 Å². The summed E-state index contributed by atoms with van der Waals surface area (Å²) >= 11 is 0. The van der Waals surface area contributed by atoms with Crippen LogP contribution in [0, 0.1) is 30.6 Å². The van der Waals surface area contributed by atoms with Crippen molar-refractivity contribution in [1.82, 2.24) is 9.97 Å². The van der Waals surface area contributed by atoms with Gasteiger partial charge in [-0.15, -0.1) is 0 Å². The maximum atomic E-state index is 12.9. The molecule has 2 fully saturated rings. The molecule has 1 heterocycles. The van der Waals surface area contributed by atoms with Crippen LogP contribution in [0.4, 0.5) is 11.6 Å². The maximum Gasteiger partial charge on any atom is 0.264 e. The van der Waals surface area contributed by atoms with Crippen LogP contribution in [-0.4, -0.2) is 38.3 Å². The van der Waals surface area contributed by atoms with Crippen LogP contribution in [0.2, 0.25) is 0 Å². The molecular formula is C22H28N4O5S2. The standard InChI is InChI=1S/C22H28N4O5S2/c1-14-11-15(2)24-20(23-14)26-33(30,31)18-7-5-17(6-8-18)25-32(28,29)13-22-10-9-16(12-19(22)27)21(22,3)4/h5-8,11,16,25H,9-10,12-13H2,1-4H3,(H,23,24,26)/t16-,22-/m1/s1. The first-order valence-electron chi connectivity index (χ1n) is 10.7. The quantitative estimate of drug-likeness (QED) is 0.606. The Kier molecular flexibility index (Phi) is 5.56. The number of fused-ring (bicyclic) bond motifs is 2. The normalized spacial score (nSPS) is 24.1. The fraction of sp³-hybridized carbons (Fsp3) is 0.500. The summed E-state index contributed by atoms with van der Waals surface area (Å²) in [6.45, 7) is 7.44. The molecule has 0 saturated heterocycles. The molecular weight excluding hydrogens is 464 g/mol. The van der Waals surface area contributed by atoms with E-state index in [1.165, 1.54) is 24.3 Å². The van der Waals surface area contributed by atoms with Gasteiger partial charge in [0.15, 0.2) is 0 Å². The van der Waals surface area contributed by atoms with E-state index in [0.29, 0.717) is 24.2 Å². The Hall–Kier alpha value is -2.53. The fourth-order valence-electron chi connectivity index (χ4n) is 5.30.